The third-order valence-electron chi connectivity index (χ3n) is 3.21. The summed E-state index contributed by atoms with van der Waals surface area (Å²) in [4.78, 5) is 31.9. The van der Waals surface area contributed by atoms with Gasteiger partial charge >= 0.3 is 5.97 Å². The smallest absolute Gasteiger partial charge is 0.326 e. The van der Waals surface area contributed by atoms with Gasteiger partial charge in [0.05, 0.1) is 5.75 Å². The first-order valence-corrected chi connectivity index (χ1v) is 8.44. The molecule has 1 amide bonds. The second kappa shape index (κ2) is 8.44. The maximum absolute atomic E-state index is 12.0. The molecule has 1 aromatic heterocycles. The first-order valence-electron chi connectivity index (χ1n) is 7.45. The van der Waals surface area contributed by atoms with Crippen molar-refractivity contribution in [1.82, 2.24) is 15.3 Å². The summed E-state index contributed by atoms with van der Waals surface area (Å²) in [6, 6.07) is 10.1. The Morgan fingerprint density at radius 2 is 1.79 bits per heavy atom. The van der Waals surface area contributed by atoms with Gasteiger partial charge in [0.15, 0.2) is 5.16 Å². The molecule has 2 aromatic rings. The zero-order chi connectivity index (χ0) is 17.5. The maximum Gasteiger partial charge on any atom is 0.326 e. The zero-order valence-corrected chi connectivity index (χ0v) is 14.3. The first-order chi connectivity index (χ1) is 11.4. The van der Waals surface area contributed by atoms with E-state index in [1.54, 1.807) is 0 Å². The van der Waals surface area contributed by atoms with Gasteiger partial charge in [-0.3, -0.25) is 4.79 Å². The number of amides is 1. The minimum Gasteiger partial charge on any atom is -0.480 e. The van der Waals surface area contributed by atoms with Gasteiger partial charge in [0.2, 0.25) is 5.91 Å². The van der Waals surface area contributed by atoms with E-state index in [1.807, 2.05) is 50.2 Å². The molecule has 24 heavy (non-hydrogen) atoms. The molecule has 0 bridgehead atoms. The van der Waals surface area contributed by atoms with Gasteiger partial charge in [-0.2, -0.15) is 0 Å². The number of nitrogens with one attached hydrogen (secondary N) is 1. The van der Waals surface area contributed by atoms with Crippen molar-refractivity contribution in [2.45, 2.75) is 31.5 Å². The van der Waals surface area contributed by atoms with Crippen molar-refractivity contribution in [2.75, 3.05) is 5.75 Å². The number of carbonyl (C=O) groups is 2. The largest absolute Gasteiger partial charge is 0.480 e. The number of aryl methyl sites for hydroxylation is 2. The fraction of sp³-hybridized carbons (Fsp3) is 0.294. The monoisotopic (exact) mass is 345 g/mol. The lowest BCUT2D eigenvalue weighted by molar-refractivity contribution is -0.141. The Balaban J connectivity index is 1.92. The highest BCUT2D eigenvalue weighted by Gasteiger charge is 2.20. The predicted molar refractivity (Wildman–Crippen MR) is 91.9 cm³/mol. The van der Waals surface area contributed by atoms with Gasteiger partial charge in [0.1, 0.15) is 6.04 Å². The highest BCUT2D eigenvalue weighted by atomic mass is 32.2. The van der Waals surface area contributed by atoms with E-state index >= 15 is 0 Å². The molecule has 0 fully saturated rings. The van der Waals surface area contributed by atoms with Crippen molar-refractivity contribution in [2.24, 2.45) is 0 Å². The summed E-state index contributed by atoms with van der Waals surface area (Å²) >= 11 is 1.19. The van der Waals surface area contributed by atoms with E-state index in [2.05, 4.69) is 15.3 Å². The van der Waals surface area contributed by atoms with Gasteiger partial charge in [-0.25, -0.2) is 14.8 Å². The summed E-state index contributed by atoms with van der Waals surface area (Å²) in [5, 5.41) is 12.4. The van der Waals surface area contributed by atoms with Crippen LogP contribution in [-0.2, 0) is 16.0 Å². The number of carboxylic acid groups (broad SMARTS) is 1. The average Bonchev–Trinajstić information content (AvgIpc) is 2.52. The van der Waals surface area contributed by atoms with Gasteiger partial charge in [-0.15, -0.1) is 0 Å². The number of aliphatic carboxylic acids is 1. The van der Waals surface area contributed by atoms with Crippen LogP contribution < -0.4 is 5.32 Å². The molecule has 0 aliphatic carbocycles. The third kappa shape index (κ3) is 5.66. The Morgan fingerprint density at radius 3 is 2.38 bits per heavy atom. The topological polar surface area (TPSA) is 92.2 Å². The molecule has 2 N–H and O–H groups in total. The van der Waals surface area contributed by atoms with Gasteiger partial charge in [0.25, 0.3) is 0 Å². The summed E-state index contributed by atoms with van der Waals surface area (Å²) < 4.78 is 0. The zero-order valence-electron chi connectivity index (χ0n) is 13.5. The van der Waals surface area contributed by atoms with Crippen LogP contribution in [0, 0.1) is 13.8 Å². The number of aromatic nitrogens is 2. The number of carbonyl (C=O) groups excluding carboxylic acids is 1. The lowest BCUT2D eigenvalue weighted by Gasteiger charge is -2.14. The van der Waals surface area contributed by atoms with Crippen LogP contribution in [0.5, 0.6) is 0 Å². The van der Waals surface area contributed by atoms with Crippen LogP contribution in [0.25, 0.3) is 0 Å². The first kappa shape index (κ1) is 17.9. The number of nitrogens with zero attached hydrogens (tertiary/aromatic N) is 2. The van der Waals surface area contributed by atoms with Crippen molar-refractivity contribution in [3.05, 3.63) is 53.3 Å². The summed E-state index contributed by atoms with van der Waals surface area (Å²) in [5.74, 6) is -1.34. The second-order valence-corrected chi connectivity index (χ2v) is 6.31. The number of thioether (sulfide) groups is 1. The Kier molecular flexibility index (Phi) is 6.31. The van der Waals surface area contributed by atoms with E-state index in [0.717, 1.165) is 17.0 Å². The standard InChI is InChI=1S/C17H19N3O3S/c1-11-8-12(2)19-17(18-11)24-10-15(21)20-14(16(22)23)9-13-6-4-3-5-7-13/h3-8,14H,9-10H2,1-2H3,(H,20,21)(H,22,23)/t14-/m1/s1. The van der Waals surface area contributed by atoms with Gasteiger partial charge in [-0.05, 0) is 25.5 Å². The predicted octanol–water partition coefficient (Wildman–Crippen LogP) is 2.00. The minimum absolute atomic E-state index is 0.0709. The lowest BCUT2D eigenvalue weighted by atomic mass is 10.1. The molecule has 0 spiro atoms. The van der Waals surface area contributed by atoms with Gasteiger partial charge < -0.3 is 10.4 Å². The van der Waals surface area contributed by atoms with E-state index < -0.39 is 12.0 Å². The Bertz CT molecular complexity index is 702. The SMILES string of the molecule is Cc1cc(C)nc(SCC(=O)N[C@H](Cc2ccccc2)C(=O)O)n1. The van der Waals surface area contributed by atoms with Crippen LogP contribution in [0.3, 0.4) is 0 Å². The highest BCUT2D eigenvalue weighted by molar-refractivity contribution is 7.99. The van der Waals surface area contributed by atoms with Crippen molar-refractivity contribution in [1.29, 1.82) is 0 Å². The molecule has 1 atom stereocenters. The molecule has 126 valence electrons. The molecule has 0 saturated heterocycles. The molecule has 2 rings (SSSR count). The molecule has 0 unspecified atom stereocenters. The molecule has 0 radical (unpaired) electrons. The van der Waals surface area contributed by atoms with Crippen molar-refractivity contribution in [3.63, 3.8) is 0 Å². The van der Waals surface area contributed by atoms with E-state index in [1.165, 1.54) is 11.8 Å². The third-order valence-corrected chi connectivity index (χ3v) is 4.06. The number of carboxylic acids is 1. The number of hydrogen-bond donors (Lipinski definition) is 2. The molecule has 7 heteroatoms. The van der Waals surface area contributed by atoms with E-state index in [4.69, 9.17) is 0 Å². The molecule has 1 aromatic carbocycles. The minimum atomic E-state index is -1.06. The van der Waals surface area contributed by atoms with Gasteiger partial charge in [0, 0.05) is 17.8 Å². The van der Waals surface area contributed by atoms with Gasteiger partial charge in [-0.1, -0.05) is 42.1 Å². The summed E-state index contributed by atoms with van der Waals surface area (Å²) in [6.45, 7) is 3.72. The normalized spacial score (nSPS) is 11.8. The summed E-state index contributed by atoms with van der Waals surface area (Å²) in [6.07, 6.45) is 0.243. The van der Waals surface area contributed by atoms with Crippen LogP contribution in [-0.4, -0.2) is 38.7 Å². The Labute approximate surface area is 144 Å². The van der Waals surface area contributed by atoms with E-state index in [-0.39, 0.29) is 18.1 Å². The fourth-order valence-corrected chi connectivity index (χ4v) is 2.93. The quantitative estimate of drug-likeness (QED) is 0.589. The highest BCUT2D eigenvalue weighted by Crippen LogP contribution is 2.14. The van der Waals surface area contributed by atoms with Crippen LogP contribution in [0.4, 0.5) is 0 Å². The van der Waals surface area contributed by atoms with Crippen LogP contribution in [0.1, 0.15) is 17.0 Å². The Morgan fingerprint density at radius 1 is 1.17 bits per heavy atom. The molecule has 1 heterocycles. The number of rotatable bonds is 7. The molecular weight excluding hydrogens is 326 g/mol. The fourth-order valence-electron chi connectivity index (χ4n) is 2.17. The van der Waals surface area contributed by atoms with E-state index in [9.17, 15) is 14.7 Å². The lowest BCUT2D eigenvalue weighted by Crippen LogP contribution is -2.43. The van der Waals surface area contributed by atoms with Crippen molar-refractivity contribution >= 4 is 23.6 Å². The average molecular weight is 345 g/mol. The van der Waals surface area contributed by atoms with Crippen molar-refractivity contribution < 1.29 is 14.7 Å². The second-order valence-electron chi connectivity index (χ2n) is 5.37. The molecule has 0 aliphatic rings. The maximum atomic E-state index is 12.0. The number of benzene rings is 1. The van der Waals surface area contributed by atoms with Crippen molar-refractivity contribution in [3.8, 4) is 0 Å². The Hall–Kier alpha value is -2.41. The molecule has 0 aliphatic heterocycles. The van der Waals surface area contributed by atoms with Crippen LogP contribution >= 0.6 is 11.8 Å². The summed E-state index contributed by atoms with van der Waals surface area (Å²) in [5.41, 5.74) is 2.52. The number of hydrogen-bond acceptors (Lipinski definition) is 5. The van der Waals surface area contributed by atoms with Crippen LogP contribution in [0.15, 0.2) is 41.6 Å². The molecule has 0 saturated carbocycles. The summed E-state index contributed by atoms with van der Waals surface area (Å²) in [7, 11) is 0. The molecule has 6 nitrogen and oxygen atoms in total. The van der Waals surface area contributed by atoms with E-state index in [0.29, 0.717) is 5.16 Å². The molecular formula is C17H19N3O3S. The van der Waals surface area contributed by atoms with Crippen LogP contribution in [0.2, 0.25) is 0 Å².